The lowest BCUT2D eigenvalue weighted by Crippen LogP contribution is -2.21. The summed E-state index contributed by atoms with van der Waals surface area (Å²) in [5.41, 5.74) is 3.74. The minimum Gasteiger partial charge on any atom is -0.478 e. The number of carboxylic acids is 1. The molecule has 1 aromatic carbocycles. The van der Waals surface area contributed by atoms with Gasteiger partial charge in [0.1, 0.15) is 5.82 Å². The van der Waals surface area contributed by atoms with Crippen LogP contribution in [0.4, 0.5) is 5.82 Å². The second kappa shape index (κ2) is 5.63. The molecular weight excluding hydrogens is 304 g/mol. The molecular formula is C18H18N4O2. The number of hydrogen-bond acceptors (Lipinski definition) is 4. The summed E-state index contributed by atoms with van der Waals surface area (Å²) in [4.78, 5) is 17.9. The van der Waals surface area contributed by atoms with Crippen LogP contribution in [0.25, 0.3) is 16.9 Å². The van der Waals surface area contributed by atoms with Crippen molar-refractivity contribution in [1.82, 2.24) is 14.6 Å². The monoisotopic (exact) mass is 322 g/mol. The zero-order valence-electron chi connectivity index (χ0n) is 13.4. The molecule has 0 spiro atoms. The average Bonchev–Trinajstić information content (AvgIpc) is 3.23. The smallest absolute Gasteiger partial charge is 0.335 e. The number of aromatic nitrogens is 3. The van der Waals surface area contributed by atoms with Crippen molar-refractivity contribution >= 4 is 17.4 Å². The number of carboxylic acid groups (broad SMARTS) is 1. The van der Waals surface area contributed by atoms with Gasteiger partial charge >= 0.3 is 5.97 Å². The largest absolute Gasteiger partial charge is 0.478 e. The summed E-state index contributed by atoms with van der Waals surface area (Å²) < 4.78 is 1.89. The van der Waals surface area contributed by atoms with Crippen LogP contribution < -0.4 is 4.90 Å². The molecule has 122 valence electrons. The third-order valence-electron chi connectivity index (χ3n) is 4.39. The Morgan fingerprint density at radius 1 is 1.12 bits per heavy atom. The Labute approximate surface area is 139 Å². The molecule has 0 bridgehead atoms. The number of rotatable bonds is 3. The van der Waals surface area contributed by atoms with E-state index in [0.717, 1.165) is 41.5 Å². The second-order valence-electron chi connectivity index (χ2n) is 6.13. The van der Waals surface area contributed by atoms with Gasteiger partial charge in [-0.2, -0.15) is 9.61 Å². The number of hydrogen-bond donors (Lipinski definition) is 1. The molecule has 1 N–H and O–H groups in total. The topological polar surface area (TPSA) is 70.7 Å². The molecule has 1 fully saturated rings. The summed E-state index contributed by atoms with van der Waals surface area (Å²) in [6, 6.07) is 10.8. The molecule has 1 saturated heterocycles. The van der Waals surface area contributed by atoms with Gasteiger partial charge in [0.2, 0.25) is 0 Å². The van der Waals surface area contributed by atoms with Crippen LogP contribution in [0.2, 0.25) is 0 Å². The first kappa shape index (κ1) is 14.7. The van der Waals surface area contributed by atoms with E-state index in [0.29, 0.717) is 0 Å². The minimum absolute atomic E-state index is 0.272. The zero-order valence-corrected chi connectivity index (χ0v) is 13.4. The maximum absolute atomic E-state index is 11.0. The molecule has 6 heteroatoms. The van der Waals surface area contributed by atoms with Crippen molar-refractivity contribution in [3.05, 3.63) is 47.7 Å². The van der Waals surface area contributed by atoms with Crippen molar-refractivity contribution in [2.75, 3.05) is 18.0 Å². The van der Waals surface area contributed by atoms with Crippen LogP contribution in [0.15, 0.2) is 36.4 Å². The third-order valence-corrected chi connectivity index (χ3v) is 4.39. The predicted octanol–water partition coefficient (Wildman–Crippen LogP) is 3.00. The van der Waals surface area contributed by atoms with Gasteiger partial charge in [0.15, 0.2) is 5.65 Å². The van der Waals surface area contributed by atoms with Crippen LogP contribution in [-0.4, -0.2) is 38.8 Å². The van der Waals surface area contributed by atoms with Crippen molar-refractivity contribution < 1.29 is 9.90 Å². The first-order valence-electron chi connectivity index (χ1n) is 8.08. The molecule has 24 heavy (non-hydrogen) atoms. The van der Waals surface area contributed by atoms with E-state index in [2.05, 4.69) is 16.0 Å². The number of carbonyl (C=O) groups is 1. The molecule has 0 unspecified atom stereocenters. The van der Waals surface area contributed by atoms with Gasteiger partial charge < -0.3 is 10.0 Å². The Hall–Kier alpha value is -2.89. The molecule has 0 saturated carbocycles. The fourth-order valence-corrected chi connectivity index (χ4v) is 3.18. The van der Waals surface area contributed by atoms with E-state index in [1.165, 1.54) is 12.8 Å². The highest BCUT2D eigenvalue weighted by Gasteiger charge is 2.18. The molecule has 0 radical (unpaired) electrons. The normalized spacial score (nSPS) is 14.5. The highest BCUT2D eigenvalue weighted by atomic mass is 16.4. The van der Waals surface area contributed by atoms with E-state index in [9.17, 15) is 4.79 Å². The lowest BCUT2D eigenvalue weighted by Gasteiger charge is -2.18. The Kier molecular flexibility index (Phi) is 3.45. The Balaban J connectivity index is 1.80. The van der Waals surface area contributed by atoms with Gasteiger partial charge in [0.05, 0.1) is 11.3 Å². The van der Waals surface area contributed by atoms with Crippen LogP contribution >= 0.6 is 0 Å². The predicted molar refractivity (Wildman–Crippen MR) is 91.6 cm³/mol. The van der Waals surface area contributed by atoms with Gasteiger partial charge in [0, 0.05) is 36.5 Å². The summed E-state index contributed by atoms with van der Waals surface area (Å²) >= 11 is 0. The van der Waals surface area contributed by atoms with Crippen LogP contribution in [0.1, 0.15) is 28.9 Å². The number of benzene rings is 1. The summed E-state index contributed by atoms with van der Waals surface area (Å²) in [7, 11) is 0. The fourth-order valence-electron chi connectivity index (χ4n) is 3.18. The number of fused-ring (bicyclic) bond motifs is 1. The quantitative estimate of drug-likeness (QED) is 0.802. The van der Waals surface area contributed by atoms with Gasteiger partial charge in [0.25, 0.3) is 0 Å². The molecule has 1 aliphatic heterocycles. The first-order chi connectivity index (χ1) is 11.6. The average molecular weight is 322 g/mol. The summed E-state index contributed by atoms with van der Waals surface area (Å²) in [5, 5.41) is 13.7. The summed E-state index contributed by atoms with van der Waals surface area (Å²) in [6.45, 7) is 4.08. The number of aryl methyl sites for hydroxylation is 1. The Morgan fingerprint density at radius 2 is 1.83 bits per heavy atom. The van der Waals surface area contributed by atoms with Gasteiger partial charge in [-0.15, -0.1) is 0 Å². The van der Waals surface area contributed by atoms with E-state index in [-0.39, 0.29) is 5.56 Å². The summed E-state index contributed by atoms with van der Waals surface area (Å²) in [6.07, 6.45) is 2.40. The maximum atomic E-state index is 11.0. The fraction of sp³-hybridized carbons (Fsp3) is 0.278. The SMILES string of the molecule is Cc1cc(N2CCCC2)n2nc(-c3ccc(C(=O)O)cc3)cc2n1. The van der Waals surface area contributed by atoms with Crippen molar-refractivity contribution in [3.63, 3.8) is 0 Å². The molecule has 1 aliphatic rings. The molecule has 3 heterocycles. The molecule has 0 amide bonds. The highest BCUT2D eigenvalue weighted by Crippen LogP contribution is 2.25. The zero-order chi connectivity index (χ0) is 16.7. The molecule has 3 aromatic rings. The lowest BCUT2D eigenvalue weighted by atomic mass is 10.1. The van der Waals surface area contributed by atoms with E-state index in [1.54, 1.807) is 24.3 Å². The highest BCUT2D eigenvalue weighted by molar-refractivity contribution is 5.88. The number of nitrogens with zero attached hydrogens (tertiary/aromatic N) is 4. The van der Waals surface area contributed by atoms with Gasteiger partial charge in [-0.1, -0.05) is 12.1 Å². The Bertz CT molecular complexity index is 909. The van der Waals surface area contributed by atoms with Crippen LogP contribution in [0, 0.1) is 6.92 Å². The van der Waals surface area contributed by atoms with E-state index >= 15 is 0 Å². The number of anilines is 1. The van der Waals surface area contributed by atoms with Crippen LogP contribution in [-0.2, 0) is 0 Å². The first-order valence-corrected chi connectivity index (χ1v) is 8.08. The van der Waals surface area contributed by atoms with Gasteiger partial charge in [-0.05, 0) is 31.9 Å². The third kappa shape index (κ3) is 2.50. The molecule has 4 rings (SSSR count). The van der Waals surface area contributed by atoms with Crippen molar-refractivity contribution in [2.45, 2.75) is 19.8 Å². The van der Waals surface area contributed by atoms with Gasteiger partial charge in [-0.25, -0.2) is 9.78 Å². The lowest BCUT2D eigenvalue weighted by molar-refractivity contribution is 0.0697. The second-order valence-corrected chi connectivity index (χ2v) is 6.13. The number of aromatic carboxylic acids is 1. The Morgan fingerprint density at radius 3 is 2.50 bits per heavy atom. The summed E-state index contributed by atoms with van der Waals surface area (Å²) in [5.74, 6) is 0.147. The van der Waals surface area contributed by atoms with Crippen LogP contribution in [0.5, 0.6) is 0 Å². The standard InChI is InChI=1S/C18H18N4O2/c1-12-10-17(21-8-2-3-9-21)22-16(19-12)11-15(20-22)13-4-6-14(7-5-13)18(23)24/h4-7,10-11H,2-3,8-9H2,1H3,(H,23,24). The van der Waals surface area contributed by atoms with Crippen molar-refractivity contribution in [2.24, 2.45) is 0 Å². The van der Waals surface area contributed by atoms with E-state index in [1.807, 2.05) is 17.5 Å². The van der Waals surface area contributed by atoms with Gasteiger partial charge in [-0.3, -0.25) is 0 Å². The van der Waals surface area contributed by atoms with E-state index < -0.39 is 5.97 Å². The molecule has 0 aliphatic carbocycles. The van der Waals surface area contributed by atoms with Crippen LogP contribution in [0.3, 0.4) is 0 Å². The van der Waals surface area contributed by atoms with Crippen molar-refractivity contribution in [3.8, 4) is 11.3 Å². The van der Waals surface area contributed by atoms with Crippen molar-refractivity contribution in [1.29, 1.82) is 0 Å². The maximum Gasteiger partial charge on any atom is 0.335 e. The van der Waals surface area contributed by atoms with E-state index in [4.69, 9.17) is 10.2 Å². The minimum atomic E-state index is -0.926. The molecule has 2 aromatic heterocycles. The molecule has 6 nitrogen and oxygen atoms in total. The molecule has 0 atom stereocenters.